The number of nitrogens with one attached hydrogen (secondary N) is 1. The van der Waals surface area contributed by atoms with Gasteiger partial charge in [0, 0.05) is 23.8 Å². The molecule has 0 bridgehead atoms. The lowest BCUT2D eigenvalue weighted by Gasteiger charge is -2.19. The van der Waals surface area contributed by atoms with Gasteiger partial charge in [0.2, 0.25) is 11.1 Å². The van der Waals surface area contributed by atoms with Crippen LogP contribution in [0, 0.1) is 10.1 Å². The van der Waals surface area contributed by atoms with Crippen molar-refractivity contribution in [2.45, 2.75) is 37.8 Å². The number of benzene rings is 2. The molecule has 0 radical (unpaired) electrons. The number of para-hydroxylation sites is 2. The fourth-order valence-electron chi connectivity index (χ4n) is 2.88. The number of carbonyl (C=O) groups excluding carboxylic acids is 1. The number of carbonyl (C=O) groups is 1. The molecule has 0 unspecified atom stereocenters. The van der Waals surface area contributed by atoms with Gasteiger partial charge in [-0.2, -0.15) is 0 Å². The molecule has 1 heterocycles. The second-order valence-electron chi connectivity index (χ2n) is 7.92. The van der Waals surface area contributed by atoms with E-state index >= 15 is 0 Å². The van der Waals surface area contributed by atoms with E-state index < -0.39 is 4.92 Å². The largest absolute Gasteiger partial charge is 0.335 e. The first-order chi connectivity index (χ1) is 14.7. The fraction of sp³-hybridized carbons (Fsp3) is 0.286. The molecule has 2 aromatic carbocycles. The highest BCUT2D eigenvalue weighted by Crippen LogP contribution is 2.27. The van der Waals surface area contributed by atoms with Crippen molar-refractivity contribution >= 4 is 29.0 Å². The second kappa shape index (κ2) is 9.17. The first-order valence-corrected chi connectivity index (χ1v) is 10.6. The summed E-state index contributed by atoms with van der Waals surface area (Å²) >= 11 is 1.29. The van der Waals surface area contributed by atoms with Gasteiger partial charge >= 0.3 is 0 Å². The maximum atomic E-state index is 12.2. The molecule has 0 aliphatic rings. The lowest BCUT2D eigenvalue weighted by molar-refractivity contribution is -0.383. The first-order valence-electron chi connectivity index (χ1n) is 9.64. The lowest BCUT2D eigenvalue weighted by atomic mass is 9.87. The summed E-state index contributed by atoms with van der Waals surface area (Å²) in [5.74, 6) is 6.75. The van der Waals surface area contributed by atoms with Gasteiger partial charge in [-0.3, -0.25) is 14.9 Å². The third kappa shape index (κ3) is 5.40. The van der Waals surface area contributed by atoms with Crippen LogP contribution < -0.4 is 11.2 Å². The van der Waals surface area contributed by atoms with Crippen LogP contribution in [0.5, 0.6) is 0 Å². The normalized spacial score (nSPS) is 11.3. The zero-order valence-electron chi connectivity index (χ0n) is 17.5. The number of nitrogens with two attached hydrogens (primary N) is 1. The van der Waals surface area contributed by atoms with Crippen LogP contribution in [0.15, 0.2) is 53.7 Å². The predicted molar refractivity (Wildman–Crippen MR) is 121 cm³/mol. The number of hydrogen-bond acceptors (Lipinski definition) is 7. The Morgan fingerprint density at radius 1 is 1.16 bits per heavy atom. The molecule has 0 aliphatic carbocycles. The Bertz CT molecular complexity index is 1090. The van der Waals surface area contributed by atoms with Crippen molar-refractivity contribution in [3.8, 4) is 11.4 Å². The molecule has 0 aliphatic heterocycles. The molecule has 0 spiro atoms. The van der Waals surface area contributed by atoms with Crippen molar-refractivity contribution < 1.29 is 9.72 Å². The van der Waals surface area contributed by atoms with Gasteiger partial charge in [0.1, 0.15) is 5.69 Å². The number of nitrogens with zero attached hydrogens (tertiary/aromatic N) is 4. The molecule has 31 heavy (non-hydrogen) atoms. The summed E-state index contributed by atoms with van der Waals surface area (Å²) in [5, 5.41) is 22.4. The van der Waals surface area contributed by atoms with Gasteiger partial charge in [0.25, 0.3) is 5.69 Å². The maximum Gasteiger partial charge on any atom is 0.292 e. The summed E-state index contributed by atoms with van der Waals surface area (Å²) in [7, 11) is 0. The number of nitro benzene ring substituents is 1. The summed E-state index contributed by atoms with van der Waals surface area (Å²) in [6.45, 7) is 6.44. The van der Waals surface area contributed by atoms with E-state index in [0.717, 1.165) is 5.56 Å². The molecule has 3 rings (SSSR count). The van der Waals surface area contributed by atoms with Crippen LogP contribution in [0.25, 0.3) is 11.4 Å². The minimum absolute atomic E-state index is 0.0523. The van der Waals surface area contributed by atoms with E-state index in [-0.39, 0.29) is 29.1 Å². The molecule has 3 aromatic rings. The molecule has 0 atom stereocenters. The standard InChI is InChI=1S/C21H24N6O3S/c1-21(2,3)15-10-8-14(9-11-15)19-24-25-20(26(19)22)31-13-12-18(28)23-16-6-4-5-7-17(16)27(29)30/h4-11H,12-13,22H2,1-3H3,(H,23,28). The first kappa shape index (κ1) is 22.3. The van der Waals surface area contributed by atoms with Crippen LogP contribution in [0.4, 0.5) is 11.4 Å². The van der Waals surface area contributed by atoms with Crippen LogP contribution in [-0.2, 0) is 10.2 Å². The number of nitro groups is 1. The van der Waals surface area contributed by atoms with E-state index in [2.05, 4.69) is 36.3 Å². The Morgan fingerprint density at radius 2 is 1.84 bits per heavy atom. The molecule has 0 saturated carbocycles. The van der Waals surface area contributed by atoms with Crippen LogP contribution in [0.1, 0.15) is 32.8 Å². The van der Waals surface area contributed by atoms with E-state index in [1.165, 1.54) is 34.1 Å². The van der Waals surface area contributed by atoms with Crippen molar-refractivity contribution in [1.82, 2.24) is 14.9 Å². The van der Waals surface area contributed by atoms with E-state index in [1.807, 2.05) is 24.3 Å². The number of nitrogen functional groups attached to an aromatic ring is 1. The average molecular weight is 441 g/mol. The fourth-order valence-corrected chi connectivity index (χ4v) is 3.67. The molecule has 9 nitrogen and oxygen atoms in total. The Balaban J connectivity index is 1.59. The van der Waals surface area contributed by atoms with Crippen LogP contribution in [0.3, 0.4) is 0 Å². The number of rotatable bonds is 7. The second-order valence-corrected chi connectivity index (χ2v) is 8.99. The average Bonchev–Trinajstić information content (AvgIpc) is 3.08. The van der Waals surface area contributed by atoms with Crippen molar-refractivity contribution in [1.29, 1.82) is 0 Å². The summed E-state index contributed by atoms with van der Waals surface area (Å²) in [4.78, 5) is 22.7. The van der Waals surface area contributed by atoms with Crippen LogP contribution in [0.2, 0.25) is 0 Å². The topological polar surface area (TPSA) is 129 Å². The quantitative estimate of drug-likeness (QED) is 0.246. The van der Waals surface area contributed by atoms with E-state index in [0.29, 0.717) is 16.7 Å². The van der Waals surface area contributed by atoms with Crippen LogP contribution >= 0.6 is 11.8 Å². The van der Waals surface area contributed by atoms with Gasteiger partial charge in [0.15, 0.2) is 5.82 Å². The predicted octanol–water partition coefficient (Wildman–Crippen LogP) is 3.99. The van der Waals surface area contributed by atoms with Gasteiger partial charge in [0.05, 0.1) is 4.92 Å². The summed E-state index contributed by atoms with van der Waals surface area (Å²) < 4.78 is 1.40. The van der Waals surface area contributed by atoms with Crippen molar-refractivity contribution in [2.75, 3.05) is 16.9 Å². The summed E-state index contributed by atoms with van der Waals surface area (Å²) in [6, 6.07) is 14.0. The number of hydrogen-bond donors (Lipinski definition) is 2. The molecule has 0 saturated heterocycles. The van der Waals surface area contributed by atoms with Gasteiger partial charge in [-0.05, 0) is 17.0 Å². The number of anilines is 1. The van der Waals surface area contributed by atoms with Crippen molar-refractivity contribution in [3.05, 3.63) is 64.2 Å². The van der Waals surface area contributed by atoms with Crippen molar-refractivity contribution in [3.63, 3.8) is 0 Å². The third-order valence-corrected chi connectivity index (χ3v) is 5.55. The van der Waals surface area contributed by atoms with Crippen molar-refractivity contribution in [2.24, 2.45) is 0 Å². The molecule has 1 aromatic heterocycles. The molecule has 1 amide bonds. The zero-order chi connectivity index (χ0) is 22.6. The highest BCUT2D eigenvalue weighted by atomic mass is 32.2. The smallest absolute Gasteiger partial charge is 0.292 e. The molecule has 0 fully saturated rings. The third-order valence-electron chi connectivity index (χ3n) is 4.61. The highest BCUT2D eigenvalue weighted by molar-refractivity contribution is 7.99. The van der Waals surface area contributed by atoms with E-state index in [9.17, 15) is 14.9 Å². The number of amides is 1. The molecular formula is C21H24N6O3S. The molecule has 3 N–H and O–H groups in total. The molecule has 10 heteroatoms. The van der Waals surface area contributed by atoms with Gasteiger partial charge < -0.3 is 11.2 Å². The maximum absolute atomic E-state index is 12.2. The Kier molecular flexibility index (Phi) is 6.59. The minimum atomic E-state index is -0.531. The Labute approximate surface area is 184 Å². The number of thioether (sulfide) groups is 1. The summed E-state index contributed by atoms with van der Waals surface area (Å²) in [5.41, 5.74) is 2.14. The van der Waals surface area contributed by atoms with E-state index in [4.69, 9.17) is 5.84 Å². The van der Waals surface area contributed by atoms with Crippen LogP contribution in [-0.4, -0.2) is 31.5 Å². The lowest BCUT2D eigenvalue weighted by Crippen LogP contribution is -2.15. The summed E-state index contributed by atoms with van der Waals surface area (Å²) in [6.07, 6.45) is 0.138. The SMILES string of the molecule is CC(C)(C)c1ccc(-c2nnc(SCCC(=O)Nc3ccccc3[N+](=O)[O-])n2N)cc1. The van der Waals surface area contributed by atoms with Gasteiger partial charge in [-0.15, -0.1) is 10.2 Å². The highest BCUT2D eigenvalue weighted by Gasteiger charge is 2.17. The molecular weight excluding hydrogens is 416 g/mol. The zero-order valence-corrected chi connectivity index (χ0v) is 18.3. The minimum Gasteiger partial charge on any atom is -0.335 e. The van der Waals surface area contributed by atoms with E-state index in [1.54, 1.807) is 12.1 Å². The number of aromatic nitrogens is 3. The Hall–Kier alpha value is -3.40. The van der Waals surface area contributed by atoms with Gasteiger partial charge in [-0.25, -0.2) is 4.68 Å². The Morgan fingerprint density at radius 3 is 2.48 bits per heavy atom. The monoisotopic (exact) mass is 440 g/mol. The van der Waals surface area contributed by atoms with Gasteiger partial charge in [-0.1, -0.05) is 68.9 Å². The molecule has 162 valence electrons.